The molecule has 0 N–H and O–H groups in total. The molecule has 21 heavy (non-hydrogen) atoms. The monoisotopic (exact) mass is 280 g/mol. The van der Waals surface area contributed by atoms with Crippen molar-refractivity contribution in [3.05, 3.63) is 53.6 Å². The molecule has 0 aromatic heterocycles. The van der Waals surface area contributed by atoms with Crippen molar-refractivity contribution >= 4 is 16.3 Å². The van der Waals surface area contributed by atoms with E-state index in [0.717, 1.165) is 0 Å². The summed E-state index contributed by atoms with van der Waals surface area (Å²) >= 11 is 0. The van der Waals surface area contributed by atoms with Gasteiger partial charge in [-0.15, -0.1) is 0 Å². The molecule has 0 unspecified atom stereocenters. The molecule has 1 fully saturated rings. The first-order valence-electron chi connectivity index (χ1n) is 8.47. The predicted molar refractivity (Wildman–Crippen MR) is 95.8 cm³/mol. The average Bonchev–Trinajstić information content (AvgIpc) is 3.40. The molecule has 0 nitrogen and oxygen atoms in total. The van der Waals surface area contributed by atoms with E-state index in [-0.39, 0.29) is 0 Å². The predicted octanol–water partition coefficient (Wildman–Crippen LogP) is 6.95. The lowest BCUT2D eigenvalue weighted by atomic mass is 9.98. The van der Waals surface area contributed by atoms with E-state index < -0.39 is 0 Å². The summed E-state index contributed by atoms with van der Waals surface area (Å²) < 4.78 is 0. The van der Waals surface area contributed by atoms with E-state index in [1.54, 1.807) is 0 Å². The summed E-state index contributed by atoms with van der Waals surface area (Å²) in [7, 11) is 0. The van der Waals surface area contributed by atoms with E-state index in [1.807, 2.05) is 13.8 Å². The van der Waals surface area contributed by atoms with Crippen LogP contribution in [0.15, 0.2) is 42.5 Å². The summed E-state index contributed by atoms with van der Waals surface area (Å²) in [4.78, 5) is 0. The average molecular weight is 280 g/mol. The number of allylic oxidation sites excluding steroid dienone is 2. The molecular weight excluding hydrogens is 252 g/mol. The number of fused-ring (bicyclic) bond motifs is 1. The molecule has 1 saturated carbocycles. The molecule has 0 saturated heterocycles. The van der Waals surface area contributed by atoms with Gasteiger partial charge in [-0.2, -0.15) is 0 Å². The fourth-order valence-electron chi connectivity index (χ4n) is 2.11. The molecule has 0 heteroatoms. The van der Waals surface area contributed by atoms with E-state index in [0.29, 0.717) is 5.92 Å². The SMILES string of the molecule is C1CC1.CC.CC(C)c1ccc2cc(C3=CC3)ccc2c1. The van der Waals surface area contributed by atoms with Crippen LogP contribution in [-0.2, 0) is 0 Å². The van der Waals surface area contributed by atoms with Gasteiger partial charge < -0.3 is 0 Å². The second-order valence-electron chi connectivity index (χ2n) is 5.97. The topological polar surface area (TPSA) is 0 Å². The third kappa shape index (κ3) is 4.74. The highest BCUT2D eigenvalue weighted by molar-refractivity contribution is 5.89. The molecule has 2 aliphatic carbocycles. The Balaban J connectivity index is 0.000000280. The fourth-order valence-corrected chi connectivity index (χ4v) is 2.11. The van der Waals surface area contributed by atoms with Crippen molar-refractivity contribution in [1.29, 1.82) is 0 Å². The summed E-state index contributed by atoms with van der Waals surface area (Å²) in [6, 6.07) is 13.6. The van der Waals surface area contributed by atoms with Crippen LogP contribution in [0, 0.1) is 0 Å². The van der Waals surface area contributed by atoms with Crippen LogP contribution in [0.25, 0.3) is 16.3 Å². The van der Waals surface area contributed by atoms with Crippen LogP contribution in [0.1, 0.15) is 70.4 Å². The highest BCUT2D eigenvalue weighted by Gasteiger charge is 2.10. The minimum Gasteiger partial charge on any atom is -0.0760 e. The molecule has 0 aliphatic heterocycles. The molecule has 0 spiro atoms. The van der Waals surface area contributed by atoms with Gasteiger partial charge in [-0.05, 0) is 45.9 Å². The Hall–Kier alpha value is -1.56. The largest absolute Gasteiger partial charge is 0.0760 e. The van der Waals surface area contributed by atoms with E-state index in [1.165, 1.54) is 53.2 Å². The molecule has 4 rings (SSSR count). The van der Waals surface area contributed by atoms with Crippen molar-refractivity contribution in [1.82, 2.24) is 0 Å². The van der Waals surface area contributed by atoms with Crippen molar-refractivity contribution in [3.63, 3.8) is 0 Å². The van der Waals surface area contributed by atoms with E-state index in [9.17, 15) is 0 Å². The molecule has 0 heterocycles. The highest BCUT2D eigenvalue weighted by Crippen LogP contribution is 2.33. The second-order valence-corrected chi connectivity index (χ2v) is 5.97. The smallest absolute Gasteiger partial charge is 0.00884 e. The van der Waals surface area contributed by atoms with Crippen LogP contribution in [-0.4, -0.2) is 0 Å². The normalized spacial score (nSPS) is 14.6. The van der Waals surface area contributed by atoms with Crippen molar-refractivity contribution in [3.8, 4) is 0 Å². The third-order valence-electron chi connectivity index (χ3n) is 3.66. The van der Waals surface area contributed by atoms with Gasteiger partial charge in [0, 0.05) is 0 Å². The minimum atomic E-state index is 0.607. The molecule has 0 bridgehead atoms. The zero-order valence-corrected chi connectivity index (χ0v) is 13.9. The van der Waals surface area contributed by atoms with Gasteiger partial charge in [0.05, 0.1) is 0 Å². The quantitative estimate of drug-likeness (QED) is 0.558. The Labute approximate surface area is 129 Å². The van der Waals surface area contributed by atoms with Crippen LogP contribution in [0.5, 0.6) is 0 Å². The Morgan fingerprint density at radius 2 is 1.38 bits per heavy atom. The van der Waals surface area contributed by atoms with Gasteiger partial charge in [-0.3, -0.25) is 0 Å². The van der Waals surface area contributed by atoms with Crippen molar-refractivity contribution in [2.24, 2.45) is 0 Å². The summed E-state index contributed by atoms with van der Waals surface area (Å²) in [5.41, 5.74) is 4.31. The van der Waals surface area contributed by atoms with Gasteiger partial charge in [0.25, 0.3) is 0 Å². The Morgan fingerprint density at radius 1 is 0.810 bits per heavy atom. The third-order valence-corrected chi connectivity index (χ3v) is 3.66. The number of benzene rings is 2. The zero-order valence-electron chi connectivity index (χ0n) is 13.9. The van der Waals surface area contributed by atoms with Crippen LogP contribution in [0.4, 0.5) is 0 Å². The van der Waals surface area contributed by atoms with Gasteiger partial charge in [0.1, 0.15) is 0 Å². The Kier molecular flexibility index (Phi) is 5.61. The first kappa shape index (κ1) is 15.8. The molecular formula is C21H28. The van der Waals surface area contributed by atoms with E-state index >= 15 is 0 Å². The van der Waals surface area contributed by atoms with Crippen molar-refractivity contribution < 1.29 is 0 Å². The molecule has 0 radical (unpaired) electrons. The number of hydrogen-bond donors (Lipinski definition) is 0. The Bertz CT molecular complexity index is 612. The first-order valence-corrected chi connectivity index (χ1v) is 8.47. The zero-order chi connectivity index (χ0) is 15.2. The maximum absolute atomic E-state index is 2.31. The maximum atomic E-state index is 2.31. The molecule has 2 aromatic carbocycles. The molecule has 2 aliphatic rings. The summed E-state index contributed by atoms with van der Waals surface area (Å²) in [6.45, 7) is 8.48. The van der Waals surface area contributed by atoms with Gasteiger partial charge in [-0.25, -0.2) is 0 Å². The lowest BCUT2D eigenvalue weighted by Crippen LogP contribution is -1.87. The first-order chi connectivity index (χ1) is 10.2. The van der Waals surface area contributed by atoms with Crippen molar-refractivity contribution in [2.45, 2.75) is 59.3 Å². The second kappa shape index (κ2) is 7.45. The van der Waals surface area contributed by atoms with Crippen LogP contribution >= 0.6 is 0 Å². The van der Waals surface area contributed by atoms with Gasteiger partial charge in [0.2, 0.25) is 0 Å². The summed E-state index contributed by atoms with van der Waals surface area (Å²) in [6.07, 6.45) is 7.96. The lowest BCUT2D eigenvalue weighted by molar-refractivity contribution is 0.869. The standard InChI is InChI=1S/C16H16.C3H6.C2H6/c1-11(2)13-5-6-16-10-14(12-3-4-12)7-8-15(16)9-13;1-2-3-1;1-2/h3,5-11H,4H2,1-2H3;1-3H2;1-2H3. The summed E-state index contributed by atoms with van der Waals surface area (Å²) in [5, 5.41) is 2.71. The van der Waals surface area contributed by atoms with Crippen LogP contribution in [0.2, 0.25) is 0 Å². The molecule has 2 aromatic rings. The molecule has 112 valence electrons. The van der Waals surface area contributed by atoms with Gasteiger partial charge in [-0.1, -0.05) is 83.4 Å². The van der Waals surface area contributed by atoms with Gasteiger partial charge in [0.15, 0.2) is 0 Å². The number of rotatable bonds is 2. The van der Waals surface area contributed by atoms with E-state index in [4.69, 9.17) is 0 Å². The summed E-state index contributed by atoms with van der Waals surface area (Å²) in [5.74, 6) is 0.607. The molecule has 0 amide bonds. The maximum Gasteiger partial charge on any atom is -0.00884 e. The number of hydrogen-bond acceptors (Lipinski definition) is 0. The Morgan fingerprint density at radius 3 is 1.90 bits per heavy atom. The molecule has 0 atom stereocenters. The van der Waals surface area contributed by atoms with Crippen LogP contribution in [0.3, 0.4) is 0 Å². The highest BCUT2D eigenvalue weighted by atomic mass is 14.1. The van der Waals surface area contributed by atoms with Gasteiger partial charge >= 0.3 is 0 Å². The lowest BCUT2D eigenvalue weighted by Gasteiger charge is -2.07. The van der Waals surface area contributed by atoms with Crippen molar-refractivity contribution in [2.75, 3.05) is 0 Å². The minimum absolute atomic E-state index is 0.607. The van der Waals surface area contributed by atoms with Crippen LogP contribution < -0.4 is 0 Å². The van der Waals surface area contributed by atoms with E-state index in [2.05, 4.69) is 56.3 Å². The fraction of sp³-hybridized carbons (Fsp3) is 0.429.